The second kappa shape index (κ2) is 6.34. The number of rotatable bonds is 7. The second-order valence-electron chi connectivity index (χ2n) is 2.27. The average Bonchev–Trinajstić information content (AvgIpc) is 2.02. The van der Waals surface area contributed by atoms with E-state index < -0.39 is 12.6 Å². The molecule has 0 aromatic rings. The fourth-order valence-corrected chi connectivity index (χ4v) is 0.873. The summed E-state index contributed by atoms with van der Waals surface area (Å²) in [4.78, 5) is 0. The molecule has 0 radical (unpaired) electrons. The van der Waals surface area contributed by atoms with E-state index in [4.69, 9.17) is 14.2 Å². The number of hydrogen-bond donors (Lipinski definition) is 0. The number of ether oxygens (including phenoxy) is 3. The molecule has 12 heavy (non-hydrogen) atoms. The molecule has 3 nitrogen and oxygen atoms in total. The van der Waals surface area contributed by atoms with Gasteiger partial charge in [-0.05, 0) is 13.8 Å². The largest absolute Gasteiger partial charge is 0.328 e. The molecule has 0 aromatic carbocycles. The van der Waals surface area contributed by atoms with E-state index in [2.05, 4.69) is 0 Å². The number of halogens is 1. The monoisotopic (exact) mass is 180 g/mol. The standard InChI is InChI=1S/C8H17FO3/c1-4-10-8(3,11-5-2)12-7-6-9/h4-7H2,1-3H3. The van der Waals surface area contributed by atoms with Gasteiger partial charge in [-0.15, -0.1) is 0 Å². The van der Waals surface area contributed by atoms with Crippen LogP contribution in [0.5, 0.6) is 0 Å². The molecule has 74 valence electrons. The van der Waals surface area contributed by atoms with Crippen molar-refractivity contribution in [1.82, 2.24) is 0 Å². The van der Waals surface area contributed by atoms with Gasteiger partial charge in [-0.1, -0.05) is 0 Å². The first-order chi connectivity index (χ1) is 5.68. The van der Waals surface area contributed by atoms with Crippen molar-refractivity contribution in [3.63, 3.8) is 0 Å². The van der Waals surface area contributed by atoms with Crippen LogP contribution in [0.4, 0.5) is 4.39 Å². The minimum Gasteiger partial charge on any atom is -0.328 e. The Morgan fingerprint density at radius 3 is 1.92 bits per heavy atom. The molecule has 0 atom stereocenters. The first kappa shape index (κ1) is 11.8. The molecule has 0 bridgehead atoms. The Bertz CT molecular complexity index is 102. The van der Waals surface area contributed by atoms with Gasteiger partial charge in [0.15, 0.2) is 0 Å². The van der Waals surface area contributed by atoms with Crippen LogP contribution in [-0.4, -0.2) is 32.5 Å². The zero-order valence-electron chi connectivity index (χ0n) is 7.93. The third-order valence-corrected chi connectivity index (χ3v) is 1.25. The van der Waals surface area contributed by atoms with Crippen LogP contribution in [0.1, 0.15) is 20.8 Å². The Morgan fingerprint density at radius 2 is 1.58 bits per heavy atom. The lowest BCUT2D eigenvalue weighted by Crippen LogP contribution is -2.36. The van der Waals surface area contributed by atoms with Crippen LogP contribution in [0.15, 0.2) is 0 Å². The lowest BCUT2D eigenvalue weighted by atomic mass is 10.6. The van der Waals surface area contributed by atoms with Gasteiger partial charge in [-0.2, -0.15) is 0 Å². The summed E-state index contributed by atoms with van der Waals surface area (Å²) in [7, 11) is 0. The molecule has 0 fully saturated rings. The lowest BCUT2D eigenvalue weighted by Gasteiger charge is -2.28. The Hall–Kier alpha value is -0.190. The Morgan fingerprint density at radius 1 is 1.08 bits per heavy atom. The fourth-order valence-electron chi connectivity index (χ4n) is 0.873. The summed E-state index contributed by atoms with van der Waals surface area (Å²) in [5, 5.41) is 0. The van der Waals surface area contributed by atoms with E-state index in [1.165, 1.54) is 0 Å². The minimum atomic E-state index is -1.09. The molecule has 0 spiro atoms. The zero-order valence-corrected chi connectivity index (χ0v) is 7.93. The summed E-state index contributed by atoms with van der Waals surface area (Å²) < 4.78 is 27.1. The molecule has 0 amide bonds. The summed E-state index contributed by atoms with van der Waals surface area (Å²) >= 11 is 0. The van der Waals surface area contributed by atoms with E-state index in [0.717, 1.165) is 0 Å². The first-order valence-corrected chi connectivity index (χ1v) is 4.16. The Labute approximate surface area is 72.8 Å². The third kappa shape index (κ3) is 4.64. The highest BCUT2D eigenvalue weighted by atomic mass is 19.1. The highest BCUT2D eigenvalue weighted by Gasteiger charge is 2.25. The van der Waals surface area contributed by atoms with Crippen molar-refractivity contribution in [2.24, 2.45) is 0 Å². The van der Waals surface area contributed by atoms with Gasteiger partial charge >= 0.3 is 0 Å². The van der Waals surface area contributed by atoms with Gasteiger partial charge < -0.3 is 14.2 Å². The fraction of sp³-hybridized carbons (Fsp3) is 1.00. The van der Waals surface area contributed by atoms with Crippen LogP contribution in [-0.2, 0) is 14.2 Å². The molecule has 0 aliphatic carbocycles. The predicted octanol–water partition coefficient (Wildman–Crippen LogP) is 1.72. The minimum absolute atomic E-state index is 0.00347. The Kier molecular flexibility index (Phi) is 6.24. The van der Waals surface area contributed by atoms with Crippen LogP contribution in [0.2, 0.25) is 0 Å². The molecular weight excluding hydrogens is 163 g/mol. The van der Waals surface area contributed by atoms with Crippen molar-refractivity contribution in [1.29, 1.82) is 0 Å². The van der Waals surface area contributed by atoms with Gasteiger partial charge in [0.25, 0.3) is 5.97 Å². The molecule has 0 aliphatic heterocycles. The second-order valence-corrected chi connectivity index (χ2v) is 2.27. The van der Waals surface area contributed by atoms with Crippen molar-refractivity contribution < 1.29 is 18.6 Å². The molecule has 0 unspecified atom stereocenters. The number of hydrogen-bond acceptors (Lipinski definition) is 3. The maximum absolute atomic E-state index is 11.8. The van der Waals surface area contributed by atoms with Crippen LogP contribution in [0.3, 0.4) is 0 Å². The van der Waals surface area contributed by atoms with Crippen LogP contribution in [0, 0.1) is 0 Å². The predicted molar refractivity (Wildman–Crippen MR) is 43.6 cm³/mol. The molecule has 0 heterocycles. The Balaban J connectivity index is 3.80. The van der Waals surface area contributed by atoms with E-state index in [0.29, 0.717) is 13.2 Å². The quantitative estimate of drug-likeness (QED) is 0.558. The summed E-state index contributed by atoms with van der Waals surface area (Å²) in [6, 6.07) is 0. The SMILES string of the molecule is CCOC(C)(OCC)OCCF. The molecule has 0 saturated heterocycles. The molecule has 0 rings (SSSR count). The first-order valence-electron chi connectivity index (χ1n) is 4.16. The zero-order chi connectivity index (χ0) is 9.45. The molecule has 0 saturated carbocycles. The molecule has 0 N–H and O–H groups in total. The molecular formula is C8H17FO3. The lowest BCUT2D eigenvalue weighted by molar-refractivity contribution is -0.367. The summed E-state index contributed by atoms with van der Waals surface area (Å²) in [6.07, 6.45) is 0. The van der Waals surface area contributed by atoms with Crippen molar-refractivity contribution in [2.45, 2.75) is 26.7 Å². The molecule has 0 aliphatic rings. The van der Waals surface area contributed by atoms with E-state index >= 15 is 0 Å². The van der Waals surface area contributed by atoms with E-state index in [1.54, 1.807) is 6.92 Å². The maximum atomic E-state index is 11.8. The van der Waals surface area contributed by atoms with Crippen molar-refractivity contribution in [3.05, 3.63) is 0 Å². The summed E-state index contributed by atoms with van der Waals surface area (Å²) in [5.74, 6) is -1.09. The highest BCUT2D eigenvalue weighted by molar-refractivity contribution is 4.46. The average molecular weight is 180 g/mol. The topological polar surface area (TPSA) is 27.7 Å². The molecule has 4 heteroatoms. The van der Waals surface area contributed by atoms with Crippen molar-refractivity contribution in [2.75, 3.05) is 26.5 Å². The normalized spacial score (nSPS) is 12.0. The number of alkyl halides is 1. The van der Waals surface area contributed by atoms with E-state index in [9.17, 15) is 4.39 Å². The van der Waals surface area contributed by atoms with Crippen molar-refractivity contribution in [3.8, 4) is 0 Å². The van der Waals surface area contributed by atoms with E-state index in [-0.39, 0.29) is 6.61 Å². The van der Waals surface area contributed by atoms with E-state index in [1.807, 2.05) is 13.8 Å². The van der Waals surface area contributed by atoms with Gasteiger partial charge in [0.2, 0.25) is 0 Å². The van der Waals surface area contributed by atoms with Gasteiger partial charge in [0.1, 0.15) is 6.67 Å². The van der Waals surface area contributed by atoms with Gasteiger partial charge in [0, 0.05) is 20.1 Å². The van der Waals surface area contributed by atoms with Gasteiger partial charge in [0.05, 0.1) is 6.61 Å². The molecule has 0 aromatic heterocycles. The van der Waals surface area contributed by atoms with Crippen LogP contribution >= 0.6 is 0 Å². The third-order valence-electron chi connectivity index (χ3n) is 1.25. The van der Waals surface area contributed by atoms with Gasteiger partial charge in [-0.3, -0.25) is 0 Å². The smallest absolute Gasteiger partial charge is 0.279 e. The summed E-state index contributed by atoms with van der Waals surface area (Å²) in [5.41, 5.74) is 0. The van der Waals surface area contributed by atoms with Crippen LogP contribution < -0.4 is 0 Å². The van der Waals surface area contributed by atoms with Crippen LogP contribution in [0.25, 0.3) is 0 Å². The van der Waals surface area contributed by atoms with Gasteiger partial charge in [-0.25, -0.2) is 4.39 Å². The van der Waals surface area contributed by atoms with Crippen molar-refractivity contribution >= 4 is 0 Å². The maximum Gasteiger partial charge on any atom is 0.279 e. The highest BCUT2D eigenvalue weighted by Crippen LogP contribution is 2.13. The summed E-state index contributed by atoms with van der Waals surface area (Å²) in [6.45, 7) is 5.71.